The van der Waals surface area contributed by atoms with Gasteiger partial charge in [0, 0.05) is 0 Å². The summed E-state index contributed by atoms with van der Waals surface area (Å²) in [5.74, 6) is 1.17. The summed E-state index contributed by atoms with van der Waals surface area (Å²) in [5, 5.41) is 0. The lowest BCUT2D eigenvalue weighted by Crippen LogP contribution is -2.19. The maximum Gasteiger partial charge on any atom is 0.231 e. The highest BCUT2D eigenvalue weighted by atomic mass is 19.1. The molecule has 1 heterocycles. The standard InChI is InChI=1S/C15H14FNO3/c16-11-3-1-2-4-13(11)18-8-12(17)10-5-6-14-15(7-10)20-9-19-14/h1-7,12H,8-9,17H2. The van der Waals surface area contributed by atoms with E-state index in [2.05, 4.69) is 0 Å². The zero-order chi connectivity index (χ0) is 13.9. The Morgan fingerprint density at radius 3 is 2.80 bits per heavy atom. The number of fused-ring (bicyclic) bond motifs is 1. The smallest absolute Gasteiger partial charge is 0.231 e. The first-order valence-electron chi connectivity index (χ1n) is 6.26. The van der Waals surface area contributed by atoms with Crippen molar-refractivity contribution in [2.75, 3.05) is 13.4 Å². The average Bonchev–Trinajstić information content (AvgIpc) is 2.93. The van der Waals surface area contributed by atoms with Gasteiger partial charge in [0.2, 0.25) is 6.79 Å². The lowest BCUT2D eigenvalue weighted by Gasteiger charge is -2.14. The van der Waals surface area contributed by atoms with E-state index in [4.69, 9.17) is 19.9 Å². The minimum atomic E-state index is -0.398. The molecule has 2 aromatic rings. The first-order chi connectivity index (χ1) is 9.74. The highest BCUT2D eigenvalue weighted by molar-refractivity contribution is 5.45. The van der Waals surface area contributed by atoms with Crippen LogP contribution >= 0.6 is 0 Å². The molecule has 1 aliphatic rings. The van der Waals surface area contributed by atoms with Gasteiger partial charge in [-0.15, -0.1) is 0 Å². The molecule has 0 spiro atoms. The van der Waals surface area contributed by atoms with Crippen LogP contribution in [0.1, 0.15) is 11.6 Å². The second kappa shape index (κ2) is 5.38. The Hall–Kier alpha value is -2.27. The van der Waals surface area contributed by atoms with Gasteiger partial charge in [-0.3, -0.25) is 0 Å². The van der Waals surface area contributed by atoms with Gasteiger partial charge < -0.3 is 19.9 Å². The van der Waals surface area contributed by atoms with Crippen LogP contribution in [0.4, 0.5) is 4.39 Å². The Morgan fingerprint density at radius 2 is 1.95 bits per heavy atom. The van der Waals surface area contributed by atoms with Gasteiger partial charge in [-0.05, 0) is 29.8 Å². The predicted molar refractivity (Wildman–Crippen MR) is 71.4 cm³/mol. The van der Waals surface area contributed by atoms with Gasteiger partial charge in [0.15, 0.2) is 23.1 Å². The van der Waals surface area contributed by atoms with Crippen molar-refractivity contribution in [2.24, 2.45) is 5.73 Å². The molecular weight excluding hydrogens is 261 g/mol. The van der Waals surface area contributed by atoms with Gasteiger partial charge in [0.1, 0.15) is 6.61 Å². The maximum atomic E-state index is 13.4. The van der Waals surface area contributed by atoms with Crippen molar-refractivity contribution < 1.29 is 18.6 Å². The van der Waals surface area contributed by atoms with E-state index in [9.17, 15) is 4.39 Å². The van der Waals surface area contributed by atoms with Gasteiger partial charge in [-0.2, -0.15) is 0 Å². The molecule has 1 aliphatic heterocycles. The Kier molecular flexibility index (Phi) is 3.43. The lowest BCUT2D eigenvalue weighted by molar-refractivity contribution is 0.174. The highest BCUT2D eigenvalue weighted by Crippen LogP contribution is 2.33. The van der Waals surface area contributed by atoms with Crippen molar-refractivity contribution in [3.05, 3.63) is 53.8 Å². The summed E-state index contributed by atoms with van der Waals surface area (Å²) in [4.78, 5) is 0. The van der Waals surface area contributed by atoms with Crippen LogP contribution in [0.15, 0.2) is 42.5 Å². The van der Waals surface area contributed by atoms with Gasteiger partial charge >= 0.3 is 0 Å². The molecule has 4 nitrogen and oxygen atoms in total. The van der Waals surface area contributed by atoms with Gasteiger partial charge in [-0.25, -0.2) is 4.39 Å². The molecule has 2 N–H and O–H groups in total. The average molecular weight is 275 g/mol. The van der Waals surface area contributed by atoms with Crippen LogP contribution in [0.25, 0.3) is 0 Å². The van der Waals surface area contributed by atoms with Crippen LogP contribution in [0.3, 0.4) is 0 Å². The summed E-state index contributed by atoms with van der Waals surface area (Å²) in [6.45, 7) is 0.403. The molecule has 0 aliphatic carbocycles. The van der Waals surface area contributed by atoms with E-state index in [1.54, 1.807) is 24.3 Å². The number of benzene rings is 2. The molecule has 0 saturated heterocycles. The number of para-hydroxylation sites is 1. The number of hydrogen-bond donors (Lipinski definition) is 1. The fraction of sp³-hybridized carbons (Fsp3) is 0.200. The third-order valence-corrected chi connectivity index (χ3v) is 3.08. The van der Waals surface area contributed by atoms with Gasteiger partial charge in [0.25, 0.3) is 0 Å². The van der Waals surface area contributed by atoms with Crippen molar-refractivity contribution >= 4 is 0 Å². The fourth-order valence-corrected chi connectivity index (χ4v) is 1.98. The summed E-state index contributed by atoms with van der Waals surface area (Å²) in [6, 6.07) is 11.3. The number of nitrogens with two attached hydrogens (primary N) is 1. The summed E-state index contributed by atoms with van der Waals surface area (Å²) >= 11 is 0. The Labute approximate surface area is 115 Å². The topological polar surface area (TPSA) is 53.7 Å². The summed E-state index contributed by atoms with van der Waals surface area (Å²) in [6.07, 6.45) is 0. The molecule has 1 unspecified atom stereocenters. The van der Waals surface area contributed by atoms with E-state index in [1.165, 1.54) is 6.07 Å². The summed E-state index contributed by atoms with van der Waals surface area (Å²) < 4.78 is 29.3. The molecule has 0 radical (unpaired) electrons. The Morgan fingerprint density at radius 1 is 1.15 bits per heavy atom. The minimum absolute atomic E-state index is 0.181. The van der Waals surface area contributed by atoms with Gasteiger partial charge in [-0.1, -0.05) is 18.2 Å². The molecule has 0 fully saturated rings. The van der Waals surface area contributed by atoms with E-state index in [1.807, 2.05) is 12.1 Å². The molecular formula is C15H14FNO3. The number of halogens is 1. The Bertz CT molecular complexity index is 618. The van der Waals surface area contributed by atoms with Crippen LogP contribution < -0.4 is 19.9 Å². The van der Waals surface area contributed by atoms with E-state index in [0.29, 0.717) is 11.5 Å². The van der Waals surface area contributed by atoms with Crippen molar-refractivity contribution in [2.45, 2.75) is 6.04 Å². The van der Waals surface area contributed by atoms with E-state index >= 15 is 0 Å². The highest BCUT2D eigenvalue weighted by Gasteiger charge is 2.16. The fourth-order valence-electron chi connectivity index (χ4n) is 1.98. The van der Waals surface area contributed by atoms with Crippen molar-refractivity contribution in [1.82, 2.24) is 0 Å². The zero-order valence-corrected chi connectivity index (χ0v) is 10.7. The second-order valence-electron chi connectivity index (χ2n) is 4.46. The molecule has 2 aromatic carbocycles. The number of hydrogen-bond acceptors (Lipinski definition) is 4. The van der Waals surface area contributed by atoms with Crippen LogP contribution in [-0.2, 0) is 0 Å². The SMILES string of the molecule is NC(COc1ccccc1F)c1ccc2c(c1)OCO2. The molecule has 0 saturated carbocycles. The third-order valence-electron chi connectivity index (χ3n) is 3.08. The second-order valence-corrected chi connectivity index (χ2v) is 4.46. The molecule has 0 aromatic heterocycles. The van der Waals surface area contributed by atoms with Crippen LogP contribution in [0.2, 0.25) is 0 Å². The van der Waals surface area contributed by atoms with Crippen LogP contribution in [0, 0.1) is 5.82 Å². The lowest BCUT2D eigenvalue weighted by atomic mass is 10.1. The van der Waals surface area contributed by atoms with Crippen molar-refractivity contribution in [3.8, 4) is 17.2 Å². The molecule has 1 atom stereocenters. The first kappa shape index (κ1) is 12.7. The predicted octanol–water partition coefficient (Wildman–Crippen LogP) is 2.63. The van der Waals surface area contributed by atoms with Crippen LogP contribution in [-0.4, -0.2) is 13.4 Å². The van der Waals surface area contributed by atoms with Gasteiger partial charge in [0.05, 0.1) is 6.04 Å². The molecule has 20 heavy (non-hydrogen) atoms. The molecule has 0 amide bonds. The monoisotopic (exact) mass is 275 g/mol. The Balaban J connectivity index is 1.67. The number of rotatable bonds is 4. The number of ether oxygens (including phenoxy) is 3. The van der Waals surface area contributed by atoms with Crippen LogP contribution in [0.5, 0.6) is 17.2 Å². The first-order valence-corrected chi connectivity index (χ1v) is 6.26. The summed E-state index contributed by atoms with van der Waals surface area (Å²) in [5.41, 5.74) is 6.90. The molecule has 0 bridgehead atoms. The quantitative estimate of drug-likeness (QED) is 0.932. The maximum absolute atomic E-state index is 13.4. The molecule has 5 heteroatoms. The zero-order valence-electron chi connectivity index (χ0n) is 10.7. The van der Waals surface area contributed by atoms with E-state index < -0.39 is 5.82 Å². The minimum Gasteiger partial charge on any atom is -0.489 e. The normalized spacial score (nSPS) is 14.1. The largest absolute Gasteiger partial charge is 0.489 e. The summed E-state index contributed by atoms with van der Waals surface area (Å²) in [7, 11) is 0. The van der Waals surface area contributed by atoms with Crippen molar-refractivity contribution in [1.29, 1.82) is 0 Å². The van der Waals surface area contributed by atoms with E-state index in [0.717, 1.165) is 5.56 Å². The van der Waals surface area contributed by atoms with E-state index in [-0.39, 0.29) is 25.2 Å². The van der Waals surface area contributed by atoms with Crippen molar-refractivity contribution in [3.63, 3.8) is 0 Å². The molecule has 3 rings (SSSR count). The third kappa shape index (κ3) is 2.53. The molecule has 104 valence electrons.